The van der Waals surface area contributed by atoms with Crippen LogP contribution in [0, 0.1) is 52.3 Å². The van der Waals surface area contributed by atoms with Crippen molar-refractivity contribution >= 4 is 5.97 Å². The molecular weight excluding hydrogens is 358 g/mol. The highest BCUT2D eigenvalue weighted by Crippen LogP contribution is 2.63. The first-order valence-corrected chi connectivity index (χ1v) is 12.1. The standard InChI is InChI=1S/C26H41NO2/c1-18(2)9-8-10-19(3)22-12-13-23-21-17-25(28)29-24(11-6-5-7-16-27)20(21)14-15-26(22,23)4/h5,7,18-24H,6,8-15,17H2,1-4H3/b7-5-/t19-,20+,21-,22-,23+,24-,26-/m1/s1. The molecule has 2 saturated carbocycles. The van der Waals surface area contributed by atoms with Crippen LogP contribution in [0.15, 0.2) is 12.2 Å². The van der Waals surface area contributed by atoms with Gasteiger partial charge in [-0.2, -0.15) is 5.26 Å². The first-order valence-electron chi connectivity index (χ1n) is 12.1. The number of carbonyl (C=O) groups is 1. The molecule has 3 fully saturated rings. The zero-order chi connectivity index (χ0) is 21.0. The van der Waals surface area contributed by atoms with E-state index in [2.05, 4.69) is 33.8 Å². The van der Waals surface area contributed by atoms with Gasteiger partial charge in [0.15, 0.2) is 0 Å². The molecule has 0 radical (unpaired) electrons. The van der Waals surface area contributed by atoms with Crippen LogP contribution in [-0.2, 0) is 9.53 Å². The Hall–Kier alpha value is -1.30. The van der Waals surface area contributed by atoms with Gasteiger partial charge < -0.3 is 4.74 Å². The SMILES string of the molecule is CC(C)CCC[C@@H](C)[C@H]1CC[C@H]2[C@@H]3CC(=O)O[C@H](CC/C=C\C#N)[C@H]3CC[C@]12C. The van der Waals surface area contributed by atoms with E-state index in [0.29, 0.717) is 29.6 Å². The van der Waals surface area contributed by atoms with E-state index in [9.17, 15) is 4.79 Å². The second kappa shape index (κ2) is 9.67. The molecule has 3 heteroatoms. The number of esters is 1. The number of hydrogen-bond donors (Lipinski definition) is 0. The Labute approximate surface area is 178 Å². The van der Waals surface area contributed by atoms with Crippen LogP contribution < -0.4 is 0 Å². The molecule has 0 bridgehead atoms. The fraction of sp³-hybridized carbons (Fsp3) is 0.846. The highest BCUT2D eigenvalue weighted by molar-refractivity contribution is 5.71. The molecule has 0 aromatic rings. The molecule has 0 unspecified atom stereocenters. The first kappa shape index (κ1) is 22.4. The minimum atomic E-state index is 0.0122. The molecular formula is C26H41NO2. The Bertz CT molecular complexity index is 633. The predicted octanol–water partition coefficient (Wildman–Crippen LogP) is 6.68. The first-order chi connectivity index (χ1) is 13.9. The quantitative estimate of drug-likeness (QED) is 0.338. The van der Waals surface area contributed by atoms with E-state index in [-0.39, 0.29) is 12.1 Å². The van der Waals surface area contributed by atoms with Crippen LogP contribution in [0.3, 0.4) is 0 Å². The zero-order valence-electron chi connectivity index (χ0n) is 19.0. The number of nitriles is 1. The number of nitrogens with zero attached hydrogens (tertiary/aromatic N) is 1. The minimum Gasteiger partial charge on any atom is -0.462 e. The number of fused-ring (bicyclic) bond motifs is 3. The zero-order valence-corrected chi connectivity index (χ0v) is 19.0. The lowest BCUT2D eigenvalue weighted by molar-refractivity contribution is -0.174. The van der Waals surface area contributed by atoms with E-state index in [1.807, 2.05) is 6.08 Å². The molecule has 0 amide bonds. The van der Waals surface area contributed by atoms with E-state index in [4.69, 9.17) is 10.00 Å². The van der Waals surface area contributed by atoms with Crippen molar-refractivity contribution in [2.75, 3.05) is 0 Å². The van der Waals surface area contributed by atoms with Gasteiger partial charge in [-0.05, 0) is 79.4 Å². The molecule has 1 aliphatic heterocycles. The summed E-state index contributed by atoms with van der Waals surface area (Å²) in [5, 5.41) is 8.69. The van der Waals surface area contributed by atoms with Gasteiger partial charge in [0, 0.05) is 12.5 Å². The second-order valence-electron chi connectivity index (χ2n) is 10.8. The molecule has 162 valence electrons. The summed E-state index contributed by atoms with van der Waals surface area (Å²) in [5.74, 6) is 4.14. The van der Waals surface area contributed by atoms with Crippen molar-refractivity contribution in [2.24, 2.45) is 40.9 Å². The molecule has 7 atom stereocenters. The van der Waals surface area contributed by atoms with Gasteiger partial charge >= 0.3 is 5.97 Å². The molecule has 29 heavy (non-hydrogen) atoms. The third-order valence-electron chi connectivity index (χ3n) is 8.67. The van der Waals surface area contributed by atoms with Gasteiger partial charge in [-0.25, -0.2) is 0 Å². The molecule has 1 saturated heterocycles. The van der Waals surface area contributed by atoms with Crippen LogP contribution >= 0.6 is 0 Å². The molecule has 2 aliphatic carbocycles. The van der Waals surface area contributed by atoms with E-state index >= 15 is 0 Å². The number of cyclic esters (lactones) is 1. The summed E-state index contributed by atoms with van der Waals surface area (Å²) in [5.41, 5.74) is 0.404. The Kier molecular flexibility index (Phi) is 7.47. The highest BCUT2D eigenvalue weighted by atomic mass is 16.5. The molecule has 1 heterocycles. The lowest BCUT2D eigenvalue weighted by Gasteiger charge is -2.53. The number of allylic oxidation sites excluding steroid dienone is 2. The molecule has 3 nitrogen and oxygen atoms in total. The molecule has 0 N–H and O–H groups in total. The summed E-state index contributed by atoms with van der Waals surface area (Å²) < 4.78 is 5.81. The van der Waals surface area contributed by atoms with E-state index in [1.165, 1.54) is 44.9 Å². The normalized spacial score (nSPS) is 37.8. The summed E-state index contributed by atoms with van der Waals surface area (Å²) in [7, 11) is 0. The largest absolute Gasteiger partial charge is 0.462 e. The van der Waals surface area contributed by atoms with Gasteiger partial charge in [0.1, 0.15) is 6.10 Å². The fourth-order valence-corrected chi connectivity index (χ4v) is 7.26. The highest BCUT2D eigenvalue weighted by Gasteiger charge is 2.57. The van der Waals surface area contributed by atoms with Gasteiger partial charge in [-0.1, -0.05) is 53.0 Å². The maximum Gasteiger partial charge on any atom is 0.306 e. The van der Waals surface area contributed by atoms with Crippen molar-refractivity contribution in [3.05, 3.63) is 12.2 Å². The third-order valence-corrected chi connectivity index (χ3v) is 8.67. The smallest absolute Gasteiger partial charge is 0.306 e. The molecule has 0 spiro atoms. The van der Waals surface area contributed by atoms with Crippen molar-refractivity contribution in [1.82, 2.24) is 0 Å². The lowest BCUT2D eigenvalue weighted by Crippen LogP contribution is -2.50. The van der Waals surface area contributed by atoms with Crippen molar-refractivity contribution in [3.63, 3.8) is 0 Å². The van der Waals surface area contributed by atoms with Crippen LogP contribution in [0.2, 0.25) is 0 Å². The Morgan fingerprint density at radius 3 is 2.72 bits per heavy atom. The van der Waals surface area contributed by atoms with Crippen LogP contribution in [0.5, 0.6) is 0 Å². The van der Waals surface area contributed by atoms with E-state index in [0.717, 1.165) is 30.6 Å². The third kappa shape index (κ3) is 4.89. The van der Waals surface area contributed by atoms with Gasteiger partial charge in [0.2, 0.25) is 0 Å². The van der Waals surface area contributed by atoms with Crippen LogP contribution in [0.1, 0.15) is 91.9 Å². The Morgan fingerprint density at radius 2 is 2.00 bits per heavy atom. The summed E-state index contributed by atoms with van der Waals surface area (Å²) in [6.45, 7) is 9.69. The van der Waals surface area contributed by atoms with Crippen molar-refractivity contribution < 1.29 is 9.53 Å². The average molecular weight is 400 g/mol. The maximum absolute atomic E-state index is 12.4. The fourth-order valence-electron chi connectivity index (χ4n) is 7.26. The minimum absolute atomic E-state index is 0.0122. The molecule has 3 aliphatic rings. The number of carbonyl (C=O) groups excluding carboxylic acids is 1. The van der Waals surface area contributed by atoms with Gasteiger partial charge in [-0.3, -0.25) is 4.79 Å². The van der Waals surface area contributed by atoms with Crippen molar-refractivity contribution in [3.8, 4) is 6.07 Å². The maximum atomic E-state index is 12.4. The topological polar surface area (TPSA) is 50.1 Å². The predicted molar refractivity (Wildman–Crippen MR) is 117 cm³/mol. The van der Waals surface area contributed by atoms with Crippen molar-refractivity contribution in [1.29, 1.82) is 5.26 Å². The molecule has 0 aromatic heterocycles. The Morgan fingerprint density at radius 1 is 1.21 bits per heavy atom. The van der Waals surface area contributed by atoms with Crippen molar-refractivity contribution in [2.45, 2.75) is 98.0 Å². The molecule has 3 rings (SSSR count). The van der Waals surface area contributed by atoms with Gasteiger partial charge in [0.25, 0.3) is 0 Å². The lowest BCUT2D eigenvalue weighted by atomic mass is 9.54. The Balaban J connectivity index is 1.66. The van der Waals surface area contributed by atoms with Crippen LogP contribution in [0.4, 0.5) is 0 Å². The van der Waals surface area contributed by atoms with E-state index in [1.54, 1.807) is 6.08 Å². The summed E-state index contributed by atoms with van der Waals surface area (Å²) in [6, 6.07) is 2.05. The summed E-state index contributed by atoms with van der Waals surface area (Å²) in [6.07, 6.45) is 15.0. The summed E-state index contributed by atoms with van der Waals surface area (Å²) >= 11 is 0. The van der Waals surface area contributed by atoms with Crippen LogP contribution in [-0.4, -0.2) is 12.1 Å². The summed E-state index contributed by atoms with van der Waals surface area (Å²) in [4.78, 5) is 12.4. The van der Waals surface area contributed by atoms with E-state index < -0.39 is 0 Å². The molecule has 0 aromatic carbocycles. The number of hydrogen-bond acceptors (Lipinski definition) is 3. The second-order valence-corrected chi connectivity index (χ2v) is 10.8. The van der Waals surface area contributed by atoms with Gasteiger partial charge in [0.05, 0.1) is 6.07 Å². The van der Waals surface area contributed by atoms with Gasteiger partial charge in [-0.15, -0.1) is 0 Å². The number of ether oxygens (including phenoxy) is 1. The van der Waals surface area contributed by atoms with Crippen LogP contribution in [0.25, 0.3) is 0 Å². The monoisotopic (exact) mass is 399 g/mol. The average Bonchev–Trinajstić information content (AvgIpc) is 3.02. The number of rotatable bonds is 8.